The molecule has 1 saturated carbocycles. The van der Waals surface area contributed by atoms with Crippen molar-refractivity contribution >= 4 is 15.9 Å². The molecule has 1 amide bonds. The lowest BCUT2D eigenvalue weighted by Gasteiger charge is -2.28. The number of morpholine rings is 1. The molecule has 0 N–H and O–H groups in total. The molecular weight excluding hydrogens is 340 g/mol. The topological polar surface area (TPSA) is 66.9 Å². The molecule has 7 heteroatoms. The zero-order chi connectivity index (χ0) is 17.9. The Labute approximate surface area is 149 Å². The highest BCUT2D eigenvalue weighted by Crippen LogP contribution is 2.26. The lowest BCUT2D eigenvalue weighted by atomic mass is 10.1. The fourth-order valence-corrected chi connectivity index (χ4v) is 5.13. The number of hydrogen-bond acceptors (Lipinski definition) is 4. The molecule has 1 aromatic carbocycles. The molecule has 1 heterocycles. The minimum absolute atomic E-state index is 0.0755. The predicted molar refractivity (Wildman–Crippen MR) is 95.0 cm³/mol. The first kappa shape index (κ1) is 18.4. The highest BCUT2D eigenvalue weighted by atomic mass is 32.2. The van der Waals surface area contributed by atoms with Gasteiger partial charge in [-0.15, -0.1) is 0 Å². The molecule has 0 radical (unpaired) electrons. The minimum atomic E-state index is -3.59. The number of carbonyl (C=O) groups is 1. The van der Waals surface area contributed by atoms with Crippen molar-refractivity contribution in [3.8, 4) is 0 Å². The molecule has 138 valence electrons. The second-order valence-electron chi connectivity index (χ2n) is 6.57. The molecule has 3 rings (SSSR count). The molecular formula is C18H26N2O4S. The number of nitrogens with zero attached hydrogens (tertiary/aromatic N) is 2. The molecule has 6 nitrogen and oxygen atoms in total. The number of amides is 1. The Bertz CT molecular complexity index is 708. The summed E-state index contributed by atoms with van der Waals surface area (Å²) in [5.74, 6) is -0.0755. The number of carbonyl (C=O) groups excluding carboxylic acids is 1. The second kappa shape index (κ2) is 7.85. The normalized spacial score (nSPS) is 19.9. The van der Waals surface area contributed by atoms with Gasteiger partial charge in [0.25, 0.3) is 5.91 Å². The van der Waals surface area contributed by atoms with E-state index in [0.29, 0.717) is 38.4 Å². The maximum absolute atomic E-state index is 12.9. The van der Waals surface area contributed by atoms with E-state index >= 15 is 0 Å². The van der Waals surface area contributed by atoms with Crippen molar-refractivity contribution in [2.45, 2.75) is 43.5 Å². The van der Waals surface area contributed by atoms with Crippen LogP contribution in [0.15, 0.2) is 29.2 Å². The van der Waals surface area contributed by atoms with Gasteiger partial charge in [0.15, 0.2) is 0 Å². The maximum atomic E-state index is 12.9. The van der Waals surface area contributed by atoms with E-state index in [1.165, 1.54) is 10.4 Å². The number of rotatable bonds is 5. The molecule has 25 heavy (non-hydrogen) atoms. The van der Waals surface area contributed by atoms with Gasteiger partial charge in [0, 0.05) is 31.2 Å². The molecule has 0 spiro atoms. The van der Waals surface area contributed by atoms with Gasteiger partial charge in [-0.05, 0) is 38.0 Å². The monoisotopic (exact) mass is 366 g/mol. The molecule has 2 fully saturated rings. The van der Waals surface area contributed by atoms with Crippen molar-refractivity contribution in [2.24, 2.45) is 0 Å². The quantitative estimate of drug-likeness (QED) is 0.800. The van der Waals surface area contributed by atoms with E-state index in [-0.39, 0.29) is 16.8 Å². The third kappa shape index (κ3) is 3.88. The fraction of sp³-hybridized carbons (Fsp3) is 0.611. The molecule has 2 aliphatic rings. The van der Waals surface area contributed by atoms with Crippen molar-refractivity contribution in [1.29, 1.82) is 0 Å². The molecule has 0 aromatic heterocycles. The van der Waals surface area contributed by atoms with Crippen LogP contribution in [-0.4, -0.2) is 62.4 Å². The van der Waals surface area contributed by atoms with Crippen LogP contribution in [0, 0.1) is 0 Å². The van der Waals surface area contributed by atoms with E-state index in [9.17, 15) is 13.2 Å². The van der Waals surface area contributed by atoms with Gasteiger partial charge in [0.1, 0.15) is 0 Å². The van der Waals surface area contributed by atoms with Gasteiger partial charge < -0.3 is 9.64 Å². The van der Waals surface area contributed by atoms with Crippen LogP contribution in [0.4, 0.5) is 0 Å². The summed E-state index contributed by atoms with van der Waals surface area (Å²) in [6, 6.07) is 6.72. The molecule has 0 atom stereocenters. The van der Waals surface area contributed by atoms with Gasteiger partial charge in [-0.1, -0.05) is 18.9 Å². The molecule has 0 bridgehead atoms. The van der Waals surface area contributed by atoms with Crippen molar-refractivity contribution in [3.05, 3.63) is 29.8 Å². The largest absolute Gasteiger partial charge is 0.379 e. The van der Waals surface area contributed by atoms with Gasteiger partial charge in [-0.25, -0.2) is 8.42 Å². The standard InChI is InChI=1S/C18H26N2O4S/c1-2-20(16-7-3-4-8-16)18(21)15-6-5-9-17(14-15)25(22,23)19-10-12-24-13-11-19/h5-6,9,14,16H,2-4,7-8,10-13H2,1H3. The van der Waals surface area contributed by atoms with E-state index in [2.05, 4.69) is 0 Å². The van der Waals surface area contributed by atoms with Gasteiger partial charge >= 0.3 is 0 Å². The average Bonchev–Trinajstić information content (AvgIpc) is 3.17. The van der Waals surface area contributed by atoms with Gasteiger partial charge in [0.05, 0.1) is 18.1 Å². The van der Waals surface area contributed by atoms with Crippen LogP contribution in [0.5, 0.6) is 0 Å². The molecule has 1 aliphatic heterocycles. The summed E-state index contributed by atoms with van der Waals surface area (Å²) in [5, 5.41) is 0. The molecule has 1 aliphatic carbocycles. The van der Waals surface area contributed by atoms with Crippen LogP contribution < -0.4 is 0 Å². The highest BCUT2D eigenvalue weighted by Gasteiger charge is 2.29. The summed E-state index contributed by atoms with van der Waals surface area (Å²) in [4.78, 5) is 15.0. The van der Waals surface area contributed by atoms with Crippen molar-refractivity contribution in [1.82, 2.24) is 9.21 Å². The Morgan fingerprint density at radius 2 is 1.92 bits per heavy atom. The Balaban J connectivity index is 1.84. The summed E-state index contributed by atoms with van der Waals surface area (Å²) < 4.78 is 32.3. The summed E-state index contributed by atoms with van der Waals surface area (Å²) in [6.45, 7) is 4.13. The van der Waals surface area contributed by atoms with Crippen LogP contribution in [-0.2, 0) is 14.8 Å². The molecule has 1 aromatic rings. The third-order valence-electron chi connectivity index (χ3n) is 5.06. The highest BCUT2D eigenvalue weighted by molar-refractivity contribution is 7.89. The van der Waals surface area contributed by atoms with E-state index in [0.717, 1.165) is 25.7 Å². The van der Waals surface area contributed by atoms with Gasteiger partial charge in [0.2, 0.25) is 10.0 Å². The Hall–Kier alpha value is -1.44. The Morgan fingerprint density at radius 3 is 2.56 bits per heavy atom. The number of ether oxygens (including phenoxy) is 1. The first-order valence-electron chi connectivity index (χ1n) is 9.03. The Kier molecular flexibility index (Phi) is 5.76. The zero-order valence-electron chi connectivity index (χ0n) is 14.7. The summed E-state index contributed by atoms with van der Waals surface area (Å²) in [6.07, 6.45) is 4.37. The lowest BCUT2D eigenvalue weighted by molar-refractivity contribution is 0.0692. The first-order chi connectivity index (χ1) is 12.0. The van der Waals surface area contributed by atoms with Crippen molar-refractivity contribution < 1.29 is 17.9 Å². The summed E-state index contributed by atoms with van der Waals surface area (Å²) in [5.41, 5.74) is 0.447. The molecule has 1 saturated heterocycles. The minimum Gasteiger partial charge on any atom is -0.379 e. The third-order valence-corrected chi connectivity index (χ3v) is 6.95. The predicted octanol–water partition coefficient (Wildman–Crippen LogP) is 2.11. The van der Waals surface area contributed by atoms with E-state index in [1.54, 1.807) is 18.2 Å². The number of benzene rings is 1. The fourth-order valence-electron chi connectivity index (χ4n) is 3.67. The van der Waals surface area contributed by atoms with Gasteiger partial charge in [-0.2, -0.15) is 4.31 Å². The Morgan fingerprint density at radius 1 is 1.24 bits per heavy atom. The van der Waals surface area contributed by atoms with Crippen molar-refractivity contribution in [3.63, 3.8) is 0 Å². The van der Waals surface area contributed by atoms with Crippen LogP contribution in [0.2, 0.25) is 0 Å². The summed E-state index contributed by atoms with van der Waals surface area (Å²) in [7, 11) is -3.59. The number of sulfonamides is 1. The first-order valence-corrected chi connectivity index (χ1v) is 10.5. The van der Waals surface area contributed by atoms with Crippen molar-refractivity contribution in [2.75, 3.05) is 32.8 Å². The van der Waals surface area contributed by atoms with Crippen LogP contribution in [0.3, 0.4) is 0 Å². The SMILES string of the molecule is CCN(C(=O)c1cccc(S(=O)(=O)N2CCOCC2)c1)C1CCCC1. The van der Waals surface area contributed by atoms with Crippen LogP contribution >= 0.6 is 0 Å². The van der Waals surface area contributed by atoms with E-state index < -0.39 is 10.0 Å². The van der Waals surface area contributed by atoms with E-state index in [1.807, 2.05) is 11.8 Å². The van der Waals surface area contributed by atoms with Crippen LogP contribution in [0.25, 0.3) is 0 Å². The average molecular weight is 366 g/mol. The second-order valence-corrected chi connectivity index (χ2v) is 8.51. The smallest absolute Gasteiger partial charge is 0.254 e. The lowest BCUT2D eigenvalue weighted by Crippen LogP contribution is -2.41. The maximum Gasteiger partial charge on any atom is 0.254 e. The number of hydrogen-bond donors (Lipinski definition) is 0. The van der Waals surface area contributed by atoms with Gasteiger partial charge in [-0.3, -0.25) is 4.79 Å². The van der Waals surface area contributed by atoms with E-state index in [4.69, 9.17) is 4.74 Å². The van der Waals surface area contributed by atoms with Crippen LogP contribution in [0.1, 0.15) is 43.0 Å². The summed E-state index contributed by atoms with van der Waals surface area (Å²) >= 11 is 0. The molecule has 0 unspecified atom stereocenters. The zero-order valence-corrected chi connectivity index (χ0v) is 15.5.